The second kappa shape index (κ2) is 6.77. The molecule has 3 atom stereocenters. The highest BCUT2D eigenvalue weighted by molar-refractivity contribution is 6.05. The van der Waals surface area contributed by atoms with Crippen LogP contribution < -0.4 is 15.4 Å². The first-order valence-corrected chi connectivity index (χ1v) is 8.95. The van der Waals surface area contributed by atoms with Crippen LogP contribution in [-0.4, -0.2) is 54.0 Å². The lowest BCUT2D eigenvalue weighted by molar-refractivity contribution is -0.185. The number of benzene rings is 1. The van der Waals surface area contributed by atoms with E-state index >= 15 is 0 Å². The van der Waals surface area contributed by atoms with Gasteiger partial charge < -0.3 is 15.0 Å². The summed E-state index contributed by atoms with van der Waals surface area (Å²) in [5, 5.41) is 4.91. The van der Waals surface area contributed by atoms with Crippen molar-refractivity contribution in [1.29, 1.82) is 0 Å². The summed E-state index contributed by atoms with van der Waals surface area (Å²) in [6, 6.07) is 3.78. The van der Waals surface area contributed by atoms with Gasteiger partial charge in [0, 0.05) is 31.6 Å². The quantitative estimate of drug-likeness (QED) is 0.743. The molecule has 0 aliphatic carbocycles. The average molecular weight is 397 g/mol. The molecule has 3 aliphatic rings. The van der Waals surface area contributed by atoms with Crippen molar-refractivity contribution >= 4 is 17.7 Å². The second-order valence-corrected chi connectivity index (χ2v) is 7.18. The number of carbonyl (C=O) groups excluding carboxylic acids is 3. The average Bonchev–Trinajstić information content (AvgIpc) is 3.20. The fraction of sp³-hybridized carbons (Fsp3) is 0.500. The molecule has 3 amide bonds. The van der Waals surface area contributed by atoms with Crippen LogP contribution in [0.5, 0.6) is 5.75 Å². The van der Waals surface area contributed by atoms with Gasteiger partial charge in [-0.05, 0) is 30.2 Å². The van der Waals surface area contributed by atoms with Gasteiger partial charge in [-0.1, -0.05) is 0 Å². The van der Waals surface area contributed by atoms with Crippen LogP contribution in [0, 0.1) is 5.92 Å². The molecule has 2 saturated heterocycles. The Morgan fingerprint density at radius 1 is 1.14 bits per heavy atom. The molecule has 1 aromatic rings. The smallest absolute Gasteiger partial charge is 0.396 e. The Kier molecular flexibility index (Phi) is 4.53. The number of hydrogen-bond donors (Lipinski definition) is 2. The Morgan fingerprint density at radius 3 is 2.64 bits per heavy atom. The highest BCUT2D eigenvalue weighted by Crippen LogP contribution is 2.35. The van der Waals surface area contributed by atoms with E-state index < -0.39 is 30.1 Å². The second-order valence-electron chi connectivity index (χ2n) is 7.18. The van der Waals surface area contributed by atoms with E-state index in [0.29, 0.717) is 11.1 Å². The van der Waals surface area contributed by atoms with Crippen LogP contribution >= 0.6 is 0 Å². The minimum atomic E-state index is -4.36. The van der Waals surface area contributed by atoms with Crippen molar-refractivity contribution < 1.29 is 32.3 Å². The van der Waals surface area contributed by atoms with Crippen molar-refractivity contribution in [3.05, 3.63) is 29.3 Å². The molecule has 1 aromatic carbocycles. The van der Waals surface area contributed by atoms with Gasteiger partial charge in [0.2, 0.25) is 11.8 Å². The minimum absolute atomic E-state index is 0.0859. The van der Waals surface area contributed by atoms with Crippen LogP contribution in [0.3, 0.4) is 0 Å². The summed E-state index contributed by atoms with van der Waals surface area (Å²) >= 11 is 0. The molecule has 3 heterocycles. The zero-order chi connectivity index (χ0) is 20.1. The summed E-state index contributed by atoms with van der Waals surface area (Å²) < 4.78 is 44.8. The first-order valence-electron chi connectivity index (χ1n) is 8.95. The maximum Gasteiger partial charge on any atom is 0.396 e. The molecule has 0 bridgehead atoms. The number of fused-ring (bicyclic) bond motifs is 1. The molecule has 150 valence electrons. The molecule has 0 radical (unpaired) electrons. The standard InChI is InChI=1S/C18H18F3N3O4/c19-18(20,21)12-6-22-7-14(12)28-10-1-2-11-9(5-10)8-24(17(11)27)13-3-4-15(25)23-16(13)26/h1-2,5,12-14,22H,3-4,6-8H2,(H,23,25,26). The zero-order valence-corrected chi connectivity index (χ0v) is 14.7. The highest BCUT2D eigenvalue weighted by atomic mass is 19.4. The fourth-order valence-electron chi connectivity index (χ4n) is 3.90. The van der Waals surface area contributed by atoms with Gasteiger partial charge in [-0.3, -0.25) is 19.7 Å². The predicted molar refractivity (Wildman–Crippen MR) is 89.3 cm³/mol. The van der Waals surface area contributed by atoms with Crippen molar-refractivity contribution in [1.82, 2.24) is 15.5 Å². The van der Waals surface area contributed by atoms with Crippen molar-refractivity contribution in [3.63, 3.8) is 0 Å². The van der Waals surface area contributed by atoms with Crippen molar-refractivity contribution in [2.24, 2.45) is 5.92 Å². The summed E-state index contributed by atoms with van der Waals surface area (Å²) in [7, 11) is 0. The van der Waals surface area contributed by atoms with Crippen LogP contribution in [0.25, 0.3) is 0 Å². The molecular weight excluding hydrogens is 379 g/mol. The number of imide groups is 1. The van der Waals surface area contributed by atoms with Gasteiger partial charge in [-0.15, -0.1) is 0 Å². The van der Waals surface area contributed by atoms with Crippen LogP contribution in [0.2, 0.25) is 0 Å². The predicted octanol–water partition coefficient (Wildman–Crippen LogP) is 0.977. The summed E-state index contributed by atoms with van der Waals surface area (Å²) in [6.07, 6.45) is -5.00. The Balaban J connectivity index is 1.50. The molecule has 2 fully saturated rings. The normalized spacial score (nSPS) is 27.8. The molecule has 0 saturated carbocycles. The van der Waals surface area contributed by atoms with E-state index in [9.17, 15) is 27.6 Å². The number of alkyl halides is 3. The molecule has 2 N–H and O–H groups in total. The third-order valence-corrected chi connectivity index (χ3v) is 5.36. The van der Waals surface area contributed by atoms with E-state index in [1.807, 2.05) is 0 Å². The third-order valence-electron chi connectivity index (χ3n) is 5.36. The van der Waals surface area contributed by atoms with Crippen LogP contribution in [0.1, 0.15) is 28.8 Å². The van der Waals surface area contributed by atoms with Gasteiger partial charge in [0.15, 0.2) is 0 Å². The number of amides is 3. The molecule has 28 heavy (non-hydrogen) atoms. The van der Waals surface area contributed by atoms with Gasteiger partial charge in [0.1, 0.15) is 23.8 Å². The molecule has 4 rings (SSSR count). The molecule has 0 spiro atoms. The first-order chi connectivity index (χ1) is 13.2. The molecular formula is C18H18F3N3O4. The van der Waals surface area contributed by atoms with Crippen molar-refractivity contribution in [2.45, 2.75) is 37.7 Å². The lowest BCUT2D eigenvalue weighted by Crippen LogP contribution is -2.52. The maximum atomic E-state index is 13.1. The zero-order valence-electron chi connectivity index (χ0n) is 14.7. The van der Waals surface area contributed by atoms with E-state index in [1.54, 1.807) is 6.07 Å². The summed E-state index contributed by atoms with van der Waals surface area (Å²) in [6.45, 7) is 0.0345. The number of piperidine rings is 1. The van der Waals surface area contributed by atoms with Crippen LogP contribution in [0.4, 0.5) is 13.2 Å². The van der Waals surface area contributed by atoms with E-state index in [2.05, 4.69) is 10.6 Å². The van der Waals surface area contributed by atoms with Gasteiger partial charge in [0.05, 0.1) is 0 Å². The number of carbonyl (C=O) groups is 3. The topological polar surface area (TPSA) is 87.7 Å². The molecule has 7 nitrogen and oxygen atoms in total. The summed E-state index contributed by atoms with van der Waals surface area (Å²) in [4.78, 5) is 37.4. The molecule has 3 aliphatic heterocycles. The van der Waals surface area contributed by atoms with Gasteiger partial charge in [-0.2, -0.15) is 13.2 Å². The first kappa shape index (κ1) is 18.7. The third kappa shape index (κ3) is 3.32. The minimum Gasteiger partial charge on any atom is -0.488 e. The lowest BCUT2D eigenvalue weighted by Gasteiger charge is -2.29. The molecule has 10 heteroatoms. The number of nitrogens with one attached hydrogen (secondary N) is 2. The number of hydrogen-bond acceptors (Lipinski definition) is 5. The van der Waals surface area contributed by atoms with Crippen molar-refractivity contribution in [2.75, 3.05) is 13.1 Å². The monoisotopic (exact) mass is 397 g/mol. The lowest BCUT2D eigenvalue weighted by atomic mass is 10.0. The van der Waals surface area contributed by atoms with E-state index in [4.69, 9.17) is 4.74 Å². The Labute approximate surface area is 158 Å². The number of ether oxygens (including phenoxy) is 1. The Morgan fingerprint density at radius 2 is 1.93 bits per heavy atom. The van der Waals surface area contributed by atoms with Gasteiger partial charge >= 0.3 is 6.18 Å². The molecule has 3 unspecified atom stereocenters. The van der Waals surface area contributed by atoms with E-state index in [1.165, 1.54) is 17.0 Å². The number of rotatable bonds is 3. The van der Waals surface area contributed by atoms with Crippen LogP contribution in [0.15, 0.2) is 18.2 Å². The number of halogens is 3. The number of nitrogens with zero attached hydrogens (tertiary/aromatic N) is 1. The Bertz CT molecular complexity index is 842. The van der Waals surface area contributed by atoms with Gasteiger partial charge in [-0.25, -0.2) is 0 Å². The Hall–Kier alpha value is -2.62. The largest absolute Gasteiger partial charge is 0.488 e. The molecule has 0 aromatic heterocycles. The summed E-state index contributed by atoms with van der Waals surface area (Å²) in [5.74, 6) is -2.57. The van der Waals surface area contributed by atoms with Crippen LogP contribution in [-0.2, 0) is 16.1 Å². The van der Waals surface area contributed by atoms with Gasteiger partial charge in [0.25, 0.3) is 5.91 Å². The summed E-state index contributed by atoms with van der Waals surface area (Å²) in [5.41, 5.74) is 0.968. The highest BCUT2D eigenvalue weighted by Gasteiger charge is 2.48. The SMILES string of the molecule is O=C1CCC(N2Cc3cc(OC4CNCC4C(F)(F)F)ccc3C2=O)C(=O)N1. The maximum absolute atomic E-state index is 13.1. The van der Waals surface area contributed by atoms with E-state index in [-0.39, 0.29) is 50.0 Å². The fourth-order valence-corrected chi connectivity index (χ4v) is 3.90. The van der Waals surface area contributed by atoms with Crippen molar-refractivity contribution in [3.8, 4) is 5.75 Å². The van der Waals surface area contributed by atoms with E-state index in [0.717, 1.165) is 0 Å².